The molecule has 3 heterocycles. The molecular weight excluding hydrogens is 207 g/mol. The van der Waals surface area contributed by atoms with Crippen LogP contribution in [0.2, 0.25) is 0 Å². The average Bonchev–Trinajstić information content (AvgIpc) is 2.84. The Morgan fingerprint density at radius 2 is 2.12 bits per heavy atom. The van der Waals surface area contributed by atoms with E-state index >= 15 is 0 Å². The van der Waals surface area contributed by atoms with E-state index in [1.54, 1.807) is 0 Å². The molecule has 2 saturated heterocycles. The van der Waals surface area contributed by atoms with Gasteiger partial charge < -0.3 is 10.2 Å². The maximum atomic E-state index is 12.7. The highest BCUT2D eigenvalue weighted by molar-refractivity contribution is 5.34. The summed E-state index contributed by atoms with van der Waals surface area (Å²) in [5.74, 6) is 1.64. The number of nitrogens with one attached hydrogen (secondary N) is 1. The minimum Gasteiger partial charge on any atom is -0.337 e. The molecule has 86 valence electrons. The van der Waals surface area contributed by atoms with Crippen molar-refractivity contribution >= 4 is 5.95 Å². The summed E-state index contributed by atoms with van der Waals surface area (Å²) in [7, 11) is 0. The zero-order valence-corrected chi connectivity index (χ0v) is 9.23. The molecule has 0 saturated carbocycles. The summed E-state index contributed by atoms with van der Waals surface area (Å²) in [6.45, 7) is 5.32. The maximum Gasteiger partial charge on any atom is 0.225 e. The minimum atomic E-state index is -0.377. The van der Waals surface area contributed by atoms with Gasteiger partial charge in [0, 0.05) is 25.7 Å². The molecule has 2 aliphatic heterocycles. The van der Waals surface area contributed by atoms with Crippen molar-refractivity contribution in [3.63, 3.8) is 0 Å². The number of fused-ring (bicyclic) bond motifs is 1. The third-order valence-electron chi connectivity index (χ3n) is 3.80. The van der Waals surface area contributed by atoms with Gasteiger partial charge in [0.05, 0.1) is 12.4 Å². The van der Waals surface area contributed by atoms with Crippen LogP contribution in [-0.4, -0.2) is 35.6 Å². The number of hydrogen-bond acceptors (Lipinski definition) is 4. The van der Waals surface area contributed by atoms with Crippen molar-refractivity contribution in [1.29, 1.82) is 0 Å². The standard InChI is InChI=1S/C11H15FN4/c1-7-10-5-13-2-8(10)6-16(7)11-14-3-9(12)4-15-11/h3-4,7-8,10,13H,2,5-6H2,1H3. The van der Waals surface area contributed by atoms with Crippen LogP contribution in [-0.2, 0) is 0 Å². The van der Waals surface area contributed by atoms with Gasteiger partial charge in [-0.3, -0.25) is 0 Å². The fourth-order valence-electron chi connectivity index (χ4n) is 2.89. The smallest absolute Gasteiger partial charge is 0.225 e. The number of halogens is 1. The van der Waals surface area contributed by atoms with E-state index in [-0.39, 0.29) is 5.82 Å². The summed E-state index contributed by atoms with van der Waals surface area (Å²) in [5.41, 5.74) is 0. The predicted molar refractivity (Wildman–Crippen MR) is 58.6 cm³/mol. The molecule has 0 aliphatic carbocycles. The summed E-state index contributed by atoms with van der Waals surface area (Å²) in [6, 6.07) is 0.436. The highest BCUT2D eigenvalue weighted by Gasteiger charge is 2.42. The summed E-state index contributed by atoms with van der Waals surface area (Å²) in [5, 5.41) is 3.41. The minimum absolute atomic E-state index is 0.377. The topological polar surface area (TPSA) is 41.0 Å². The highest BCUT2D eigenvalue weighted by atomic mass is 19.1. The lowest BCUT2D eigenvalue weighted by Gasteiger charge is -2.24. The first-order valence-corrected chi connectivity index (χ1v) is 5.70. The van der Waals surface area contributed by atoms with Crippen LogP contribution in [0.4, 0.5) is 10.3 Å². The molecule has 3 atom stereocenters. The second kappa shape index (κ2) is 3.66. The number of aromatic nitrogens is 2. The van der Waals surface area contributed by atoms with E-state index in [1.165, 1.54) is 12.4 Å². The van der Waals surface area contributed by atoms with Gasteiger partial charge in [0.15, 0.2) is 5.82 Å². The third-order valence-corrected chi connectivity index (χ3v) is 3.80. The molecule has 3 rings (SSSR count). The fourth-order valence-corrected chi connectivity index (χ4v) is 2.89. The first kappa shape index (κ1) is 9.96. The maximum absolute atomic E-state index is 12.7. The number of hydrogen-bond donors (Lipinski definition) is 1. The molecule has 4 nitrogen and oxygen atoms in total. The molecule has 0 radical (unpaired) electrons. The molecule has 1 aromatic heterocycles. The van der Waals surface area contributed by atoms with Crippen molar-refractivity contribution in [2.45, 2.75) is 13.0 Å². The molecule has 5 heteroatoms. The lowest BCUT2D eigenvalue weighted by atomic mass is 9.95. The summed E-state index contributed by atoms with van der Waals surface area (Å²) < 4.78 is 12.7. The normalized spacial score (nSPS) is 33.1. The number of nitrogens with zero attached hydrogens (tertiary/aromatic N) is 3. The molecule has 2 aliphatic rings. The second-order valence-corrected chi connectivity index (χ2v) is 4.68. The zero-order chi connectivity index (χ0) is 11.1. The quantitative estimate of drug-likeness (QED) is 0.758. The van der Waals surface area contributed by atoms with Gasteiger partial charge in [0.25, 0.3) is 0 Å². The lowest BCUT2D eigenvalue weighted by molar-refractivity contribution is 0.470. The van der Waals surface area contributed by atoms with E-state index in [0.29, 0.717) is 23.8 Å². The van der Waals surface area contributed by atoms with Crippen molar-refractivity contribution < 1.29 is 4.39 Å². The van der Waals surface area contributed by atoms with E-state index in [2.05, 4.69) is 27.1 Å². The van der Waals surface area contributed by atoms with Gasteiger partial charge in [0.1, 0.15) is 0 Å². The van der Waals surface area contributed by atoms with Gasteiger partial charge >= 0.3 is 0 Å². The second-order valence-electron chi connectivity index (χ2n) is 4.68. The molecule has 2 fully saturated rings. The fraction of sp³-hybridized carbons (Fsp3) is 0.636. The molecule has 16 heavy (non-hydrogen) atoms. The molecule has 1 N–H and O–H groups in total. The van der Waals surface area contributed by atoms with Gasteiger partial charge in [-0.25, -0.2) is 14.4 Å². The molecule has 0 amide bonds. The Labute approximate surface area is 93.9 Å². The highest BCUT2D eigenvalue weighted by Crippen LogP contribution is 2.33. The first-order valence-electron chi connectivity index (χ1n) is 5.70. The van der Waals surface area contributed by atoms with Crippen molar-refractivity contribution in [2.75, 3.05) is 24.5 Å². The van der Waals surface area contributed by atoms with Crippen LogP contribution in [0, 0.1) is 17.7 Å². The van der Waals surface area contributed by atoms with Gasteiger partial charge in [-0.1, -0.05) is 0 Å². The van der Waals surface area contributed by atoms with Gasteiger partial charge in [0.2, 0.25) is 5.95 Å². The van der Waals surface area contributed by atoms with Crippen LogP contribution in [0.5, 0.6) is 0 Å². The monoisotopic (exact) mass is 222 g/mol. The largest absolute Gasteiger partial charge is 0.337 e. The van der Waals surface area contributed by atoms with Gasteiger partial charge in [-0.15, -0.1) is 0 Å². The zero-order valence-electron chi connectivity index (χ0n) is 9.23. The van der Waals surface area contributed by atoms with Crippen LogP contribution in [0.25, 0.3) is 0 Å². The first-order chi connectivity index (χ1) is 7.75. The van der Waals surface area contributed by atoms with Crippen molar-refractivity contribution in [1.82, 2.24) is 15.3 Å². The molecule has 0 aromatic carbocycles. The van der Waals surface area contributed by atoms with E-state index < -0.39 is 0 Å². The summed E-state index contributed by atoms with van der Waals surface area (Å²) in [6.07, 6.45) is 2.48. The predicted octanol–water partition coefficient (Wildman–Crippen LogP) is 0.660. The Morgan fingerprint density at radius 1 is 1.38 bits per heavy atom. The van der Waals surface area contributed by atoms with E-state index in [4.69, 9.17) is 0 Å². The molecule has 3 unspecified atom stereocenters. The molecule has 0 bridgehead atoms. The van der Waals surface area contributed by atoms with E-state index in [9.17, 15) is 4.39 Å². The van der Waals surface area contributed by atoms with Crippen molar-refractivity contribution in [3.8, 4) is 0 Å². The van der Waals surface area contributed by atoms with E-state index in [1.807, 2.05) is 0 Å². The van der Waals surface area contributed by atoms with Crippen LogP contribution in [0.1, 0.15) is 6.92 Å². The summed E-state index contributed by atoms with van der Waals surface area (Å²) >= 11 is 0. The van der Waals surface area contributed by atoms with Gasteiger partial charge in [-0.05, 0) is 18.8 Å². The van der Waals surface area contributed by atoms with Crippen LogP contribution in [0.3, 0.4) is 0 Å². The Bertz CT molecular complexity index is 380. The Morgan fingerprint density at radius 3 is 2.81 bits per heavy atom. The molecule has 1 aromatic rings. The van der Waals surface area contributed by atoms with Crippen molar-refractivity contribution in [3.05, 3.63) is 18.2 Å². The van der Waals surface area contributed by atoms with E-state index in [0.717, 1.165) is 19.6 Å². The number of rotatable bonds is 1. The van der Waals surface area contributed by atoms with Crippen LogP contribution >= 0.6 is 0 Å². The van der Waals surface area contributed by atoms with Gasteiger partial charge in [-0.2, -0.15) is 0 Å². The summed E-state index contributed by atoms with van der Waals surface area (Å²) in [4.78, 5) is 10.3. The van der Waals surface area contributed by atoms with Crippen LogP contribution < -0.4 is 10.2 Å². The average molecular weight is 222 g/mol. The molecule has 0 spiro atoms. The van der Waals surface area contributed by atoms with Crippen LogP contribution in [0.15, 0.2) is 12.4 Å². The Hall–Kier alpha value is -1.23. The Balaban J connectivity index is 1.83. The lowest BCUT2D eigenvalue weighted by Crippen LogP contribution is -2.34. The SMILES string of the molecule is CC1C2CNCC2CN1c1ncc(F)cn1. The molecular formula is C11H15FN4. The third kappa shape index (κ3) is 1.46. The van der Waals surface area contributed by atoms with Crippen molar-refractivity contribution in [2.24, 2.45) is 11.8 Å². The Kier molecular flexibility index (Phi) is 2.28. The number of anilines is 1.